The number of carboxylic acid groups (broad SMARTS) is 1. The number of rotatable bonds is 8. The molecule has 2 aliphatic heterocycles. The number of halogens is 2. The van der Waals surface area contributed by atoms with Crippen LogP contribution in [0, 0.1) is 5.82 Å². The van der Waals surface area contributed by atoms with Crippen molar-refractivity contribution in [1.29, 1.82) is 0 Å². The van der Waals surface area contributed by atoms with Gasteiger partial charge >= 0.3 is 5.97 Å². The molecule has 0 unspecified atom stereocenters. The summed E-state index contributed by atoms with van der Waals surface area (Å²) >= 11 is 6.11. The van der Waals surface area contributed by atoms with Crippen molar-refractivity contribution in [1.82, 2.24) is 15.9 Å². The number of carboxylic acids is 1. The molecule has 2 heterocycles. The first-order valence-electron chi connectivity index (χ1n) is 12.5. The molecule has 204 valence electrons. The van der Waals surface area contributed by atoms with Gasteiger partial charge in [0.15, 0.2) is 5.82 Å². The summed E-state index contributed by atoms with van der Waals surface area (Å²) in [7, 11) is 0. The van der Waals surface area contributed by atoms with Gasteiger partial charge in [0.2, 0.25) is 11.8 Å². The van der Waals surface area contributed by atoms with Gasteiger partial charge in [-0.3, -0.25) is 14.6 Å². The van der Waals surface area contributed by atoms with Crippen LogP contribution in [0.5, 0.6) is 0 Å². The number of amides is 2. The van der Waals surface area contributed by atoms with Crippen molar-refractivity contribution in [3.63, 3.8) is 0 Å². The number of nitrogens with zero attached hydrogens (tertiary/aromatic N) is 2. The third-order valence-corrected chi connectivity index (χ3v) is 6.99. The van der Waals surface area contributed by atoms with E-state index in [0.29, 0.717) is 16.9 Å². The molecule has 4 N–H and O–H groups in total. The maximum atomic E-state index is 15.3. The van der Waals surface area contributed by atoms with Crippen LogP contribution in [-0.2, 0) is 16.0 Å². The summed E-state index contributed by atoms with van der Waals surface area (Å²) < 4.78 is 15.3. The fraction of sp³-hybridized carbons (Fsp3) is 0.138. The number of nitrogens with one attached hydrogen (secondary N) is 3. The number of hydrazine groups is 2. The minimum absolute atomic E-state index is 0.0686. The standard InChI is InChI=1S/C29H25ClFN5O4/c30-22-10-11-23(36-15-13-32-34-36)26(27(22)31)20-12-14-35(25(37)17-20)24(16-18-4-2-1-3-5-18)28(38)33-21-8-6-19(7-9-21)29(39)40/h1-11,13,15,17,24,32,34H,12,14,16H2,(H,33,38)(H,39,40)/t24-/m0/s1. The largest absolute Gasteiger partial charge is 0.478 e. The van der Waals surface area contributed by atoms with Crippen molar-refractivity contribution in [2.24, 2.45) is 0 Å². The smallest absolute Gasteiger partial charge is 0.335 e. The summed E-state index contributed by atoms with van der Waals surface area (Å²) in [5.74, 6) is -2.58. The van der Waals surface area contributed by atoms with E-state index in [4.69, 9.17) is 16.7 Å². The van der Waals surface area contributed by atoms with Crippen LogP contribution in [0.3, 0.4) is 0 Å². The molecular formula is C29H25ClFN5O4. The topological polar surface area (TPSA) is 114 Å². The van der Waals surface area contributed by atoms with E-state index in [0.717, 1.165) is 5.56 Å². The first-order chi connectivity index (χ1) is 19.3. The third-order valence-electron chi connectivity index (χ3n) is 6.70. The van der Waals surface area contributed by atoms with Gasteiger partial charge in [-0.05, 0) is 54.0 Å². The number of hydrogen-bond donors (Lipinski definition) is 4. The maximum Gasteiger partial charge on any atom is 0.335 e. The van der Waals surface area contributed by atoms with E-state index < -0.39 is 29.6 Å². The maximum absolute atomic E-state index is 15.3. The molecule has 11 heteroatoms. The molecule has 0 aliphatic carbocycles. The average molecular weight is 562 g/mol. The lowest BCUT2D eigenvalue weighted by Gasteiger charge is -2.34. The Labute approximate surface area is 234 Å². The zero-order valence-corrected chi connectivity index (χ0v) is 21.9. The molecule has 3 aromatic rings. The average Bonchev–Trinajstić information content (AvgIpc) is 3.49. The fourth-order valence-corrected chi connectivity index (χ4v) is 4.87. The molecule has 1 atom stereocenters. The quantitative estimate of drug-likeness (QED) is 0.323. The molecule has 3 aromatic carbocycles. The van der Waals surface area contributed by atoms with Crippen LogP contribution in [-0.4, -0.2) is 40.4 Å². The predicted molar refractivity (Wildman–Crippen MR) is 150 cm³/mol. The normalized spacial score (nSPS) is 15.4. The Balaban J connectivity index is 1.44. The predicted octanol–water partition coefficient (Wildman–Crippen LogP) is 4.34. The van der Waals surface area contributed by atoms with Crippen LogP contribution in [0.15, 0.2) is 85.2 Å². The van der Waals surface area contributed by atoms with Crippen LogP contribution in [0.4, 0.5) is 15.8 Å². The highest BCUT2D eigenvalue weighted by Gasteiger charge is 2.33. The van der Waals surface area contributed by atoms with Crippen LogP contribution in [0.25, 0.3) is 5.57 Å². The van der Waals surface area contributed by atoms with E-state index >= 15 is 4.39 Å². The Morgan fingerprint density at radius 3 is 2.48 bits per heavy atom. The fourth-order valence-electron chi connectivity index (χ4n) is 4.71. The highest BCUT2D eigenvalue weighted by molar-refractivity contribution is 6.31. The van der Waals surface area contributed by atoms with Gasteiger partial charge in [-0.15, -0.1) is 5.53 Å². The third kappa shape index (κ3) is 5.68. The summed E-state index contributed by atoms with van der Waals surface area (Å²) in [6.07, 6.45) is 5.20. The van der Waals surface area contributed by atoms with Crippen LogP contribution in [0.1, 0.15) is 27.9 Å². The molecule has 0 radical (unpaired) electrons. The second-order valence-corrected chi connectivity index (χ2v) is 9.63. The van der Waals surface area contributed by atoms with Gasteiger partial charge < -0.3 is 20.7 Å². The Hall–Kier alpha value is -4.67. The second-order valence-electron chi connectivity index (χ2n) is 9.23. The monoisotopic (exact) mass is 561 g/mol. The van der Waals surface area contributed by atoms with Gasteiger partial charge in [0.05, 0.1) is 16.3 Å². The summed E-state index contributed by atoms with van der Waals surface area (Å²) in [6.45, 7) is 0.167. The Bertz CT molecular complexity index is 1510. The summed E-state index contributed by atoms with van der Waals surface area (Å²) in [4.78, 5) is 39.7. The summed E-state index contributed by atoms with van der Waals surface area (Å²) in [6, 6.07) is 17.3. The lowest BCUT2D eigenvalue weighted by Crippen LogP contribution is -2.50. The number of carbonyl (C=O) groups excluding carboxylic acids is 2. The van der Waals surface area contributed by atoms with Crippen molar-refractivity contribution < 1.29 is 23.9 Å². The van der Waals surface area contributed by atoms with E-state index in [1.54, 1.807) is 23.5 Å². The molecular weight excluding hydrogens is 537 g/mol. The molecule has 0 bridgehead atoms. The summed E-state index contributed by atoms with van der Waals surface area (Å²) in [5.41, 5.74) is 8.14. The molecule has 0 saturated carbocycles. The second kappa shape index (κ2) is 11.6. The van der Waals surface area contributed by atoms with E-state index in [1.807, 2.05) is 30.3 Å². The zero-order chi connectivity index (χ0) is 28.2. The zero-order valence-electron chi connectivity index (χ0n) is 21.1. The van der Waals surface area contributed by atoms with Gasteiger partial charge in [-0.25, -0.2) is 9.18 Å². The van der Waals surface area contributed by atoms with Crippen LogP contribution < -0.4 is 21.3 Å². The molecule has 2 amide bonds. The first-order valence-corrected chi connectivity index (χ1v) is 12.8. The van der Waals surface area contributed by atoms with Gasteiger partial charge in [0, 0.05) is 42.7 Å². The van der Waals surface area contributed by atoms with Gasteiger partial charge in [-0.2, -0.15) is 0 Å². The highest BCUT2D eigenvalue weighted by Crippen LogP contribution is 2.37. The van der Waals surface area contributed by atoms with Crippen molar-refractivity contribution >= 4 is 46.3 Å². The van der Waals surface area contributed by atoms with Crippen molar-refractivity contribution in [3.05, 3.63) is 113 Å². The minimum atomic E-state index is -1.08. The molecule has 5 rings (SSSR count). The van der Waals surface area contributed by atoms with Crippen molar-refractivity contribution in [2.45, 2.75) is 18.9 Å². The van der Waals surface area contributed by atoms with Crippen molar-refractivity contribution in [2.75, 3.05) is 16.9 Å². The summed E-state index contributed by atoms with van der Waals surface area (Å²) in [5, 5.41) is 13.5. The number of hydrogen-bond acceptors (Lipinski definition) is 6. The minimum Gasteiger partial charge on any atom is -0.478 e. The molecule has 0 saturated heterocycles. The van der Waals surface area contributed by atoms with Gasteiger partial charge in [0.1, 0.15) is 6.04 Å². The number of carbonyl (C=O) groups is 3. The van der Waals surface area contributed by atoms with E-state index in [-0.39, 0.29) is 35.5 Å². The van der Waals surface area contributed by atoms with E-state index in [9.17, 15) is 14.4 Å². The molecule has 2 aliphatic rings. The first kappa shape index (κ1) is 26.9. The Morgan fingerprint density at radius 1 is 1.07 bits per heavy atom. The number of aromatic carboxylic acids is 1. The van der Waals surface area contributed by atoms with E-state index in [2.05, 4.69) is 16.3 Å². The Morgan fingerprint density at radius 2 is 1.82 bits per heavy atom. The SMILES string of the molecule is O=C(O)c1ccc(NC(=O)[C@H](Cc2ccccc2)N2CCC(c3c(N4C=CNN4)ccc(Cl)c3F)=CC2=O)cc1. The lowest BCUT2D eigenvalue weighted by molar-refractivity contribution is -0.135. The molecule has 40 heavy (non-hydrogen) atoms. The molecule has 0 fully saturated rings. The number of benzene rings is 3. The van der Waals surface area contributed by atoms with Crippen LogP contribution >= 0.6 is 11.6 Å². The van der Waals surface area contributed by atoms with Crippen LogP contribution in [0.2, 0.25) is 5.02 Å². The highest BCUT2D eigenvalue weighted by atomic mass is 35.5. The molecule has 0 aromatic heterocycles. The van der Waals surface area contributed by atoms with E-state index in [1.165, 1.54) is 41.3 Å². The van der Waals surface area contributed by atoms with Crippen molar-refractivity contribution in [3.8, 4) is 0 Å². The van der Waals surface area contributed by atoms with Gasteiger partial charge in [0.25, 0.3) is 0 Å². The molecule has 0 spiro atoms. The molecule has 9 nitrogen and oxygen atoms in total. The van der Waals surface area contributed by atoms with Gasteiger partial charge in [-0.1, -0.05) is 41.9 Å². The number of anilines is 2. The lowest BCUT2D eigenvalue weighted by atomic mass is 9.94. The Kier molecular flexibility index (Phi) is 7.81.